The molecule has 20 heavy (non-hydrogen) atoms. The first-order chi connectivity index (χ1) is 9.56. The molecule has 3 nitrogen and oxygen atoms in total. The molecule has 1 aliphatic heterocycles. The van der Waals surface area contributed by atoms with E-state index in [0.29, 0.717) is 0 Å². The van der Waals surface area contributed by atoms with Crippen molar-refractivity contribution in [3.05, 3.63) is 35.8 Å². The summed E-state index contributed by atoms with van der Waals surface area (Å²) in [6.45, 7) is 5.61. The third-order valence-corrected chi connectivity index (χ3v) is 3.85. The molecular weight excluding hydrogens is 255 g/mol. The lowest BCUT2D eigenvalue weighted by Gasteiger charge is -2.24. The third kappa shape index (κ3) is 2.61. The highest BCUT2D eigenvalue weighted by atomic mass is 19.1. The van der Waals surface area contributed by atoms with Gasteiger partial charge < -0.3 is 10.1 Å². The second-order valence-corrected chi connectivity index (χ2v) is 5.73. The molecule has 1 fully saturated rings. The van der Waals surface area contributed by atoms with E-state index in [-0.39, 0.29) is 11.4 Å². The predicted molar refractivity (Wildman–Crippen MR) is 78.5 cm³/mol. The Morgan fingerprint density at radius 3 is 3.00 bits per heavy atom. The van der Waals surface area contributed by atoms with Crippen molar-refractivity contribution >= 4 is 16.6 Å². The molecule has 0 aliphatic carbocycles. The molecule has 1 N–H and O–H groups in total. The van der Waals surface area contributed by atoms with Crippen molar-refractivity contribution in [1.29, 1.82) is 0 Å². The van der Waals surface area contributed by atoms with E-state index < -0.39 is 0 Å². The topological polar surface area (TPSA) is 34.1 Å². The summed E-state index contributed by atoms with van der Waals surface area (Å²) < 4.78 is 19.2. The van der Waals surface area contributed by atoms with Gasteiger partial charge in [-0.3, -0.25) is 4.98 Å². The number of halogens is 1. The molecule has 1 aromatic carbocycles. The van der Waals surface area contributed by atoms with E-state index >= 15 is 0 Å². The van der Waals surface area contributed by atoms with Gasteiger partial charge in [-0.1, -0.05) is 0 Å². The lowest BCUT2D eigenvalue weighted by molar-refractivity contribution is 0.0315. The molecule has 0 amide bonds. The van der Waals surface area contributed by atoms with E-state index in [9.17, 15) is 4.39 Å². The van der Waals surface area contributed by atoms with Gasteiger partial charge in [-0.25, -0.2) is 4.39 Å². The number of benzene rings is 1. The summed E-state index contributed by atoms with van der Waals surface area (Å²) >= 11 is 0. The summed E-state index contributed by atoms with van der Waals surface area (Å²) in [6.07, 6.45) is 2.15. The summed E-state index contributed by atoms with van der Waals surface area (Å²) in [5.41, 5.74) is 2.52. The zero-order valence-electron chi connectivity index (χ0n) is 11.9. The van der Waals surface area contributed by atoms with Crippen LogP contribution in [0.1, 0.15) is 25.5 Å². The van der Waals surface area contributed by atoms with Crippen molar-refractivity contribution in [2.75, 3.05) is 18.5 Å². The number of hydrogen-bond acceptors (Lipinski definition) is 3. The summed E-state index contributed by atoms with van der Waals surface area (Å²) in [7, 11) is 0. The molecule has 0 radical (unpaired) electrons. The quantitative estimate of drug-likeness (QED) is 0.927. The molecule has 0 bridgehead atoms. The molecular formula is C16H19FN2O. The summed E-state index contributed by atoms with van der Waals surface area (Å²) in [5.74, 6) is -0.241. The van der Waals surface area contributed by atoms with Gasteiger partial charge in [0, 0.05) is 29.9 Å². The van der Waals surface area contributed by atoms with Gasteiger partial charge in [-0.05, 0) is 51.0 Å². The van der Waals surface area contributed by atoms with Gasteiger partial charge in [0.05, 0.1) is 11.1 Å². The second kappa shape index (κ2) is 5.02. The van der Waals surface area contributed by atoms with Crippen LogP contribution in [0.3, 0.4) is 0 Å². The van der Waals surface area contributed by atoms with E-state index in [1.807, 2.05) is 13.0 Å². The van der Waals surface area contributed by atoms with Gasteiger partial charge in [-0.2, -0.15) is 0 Å². The third-order valence-electron chi connectivity index (χ3n) is 3.85. The molecule has 4 heteroatoms. The van der Waals surface area contributed by atoms with Crippen molar-refractivity contribution in [3.8, 4) is 0 Å². The monoisotopic (exact) mass is 274 g/mol. The lowest BCUT2D eigenvalue weighted by atomic mass is 10.0. The molecule has 1 aromatic heterocycles. The maximum atomic E-state index is 13.5. The number of anilines is 1. The summed E-state index contributed by atoms with van der Waals surface area (Å²) in [5, 5.41) is 4.22. The minimum atomic E-state index is -0.241. The van der Waals surface area contributed by atoms with E-state index in [1.165, 1.54) is 12.1 Å². The highest BCUT2D eigenvalue weighted by Gasteiger charge is 2.29. The largest absolute Gasteiger partial charge is 0.382 e. The molecule has 3 rings (SSSR count). The van der Waals surface area contributed by atoms with Crippen molar-refractivity contribution in [1.82, 2.24) is 4.98 Å². The zero-order valence-corrected chi connectivity index (χ0v) is 11.9. The van der Waals surface area contributed by atoms with Crippen LogP contribution in [-0.4, -0.2) is 23.7 Å². The first kappa shape index (κ1) is 13.3. The average molecular weight is 274 g/mol. The van der Waals surface area contributed by atoms with E-state index in [2.05, 4.69) is 17.2 Å². The molecule has 1 atom stereocenters. The fraction of sp³-hybridized carbons (Fsp3) is 0.438. The Bertz CT molecular complexity index is 636. The standard InChI is InChI=1S/C16H19FN2O/c1-11-8-15(18-10-16(2)6-3-7-20-16)13-9-12(17)4-5-14(13)19-11/h4-5,8-9H,3,6-7,10H2,1-2H3,(H,18,19). The van der Waals surface area contributed by atoms with Gasteiger partial charge >= 0.3 is 0 Å². The maximum Gasteiger partial charge on any atom is 0.124 e. The van der Waals surface area contributed by atoms with Gasteiger partial charge in [0.15, 0.2) is 0 Å². The van der Waals surface area contributed by atoms with Crippen LogP contribution in [0.2, 0.25) is 0 Å². The number of fused-ring (bicyclic) bond motifs is 1. The number of ether oxygens (including phenoxy) is 1. The zero-order chi connectivity index (χ0) is 14.2. The first-order valence-corrected chi connectivity index (χ1v) is 7.01. The Hall–Kier alpha value is -1.68. The summed E-state index contributed by atoms with van der Waals surface area (Å²) in [6, 6.07) is 6.65. The number of hydrogen-bond donors (Lipinski definition) is 1. The number of rotatable bonds is 3. The molecule has 0 spiro atoms. The van der Waals surface area contributed by atoms with Crippen molar-refractivity contribution in [2.24, 2.45) is 0 Å². The fourth-order valence-electron chi connectivity index (χ4n) is 2.74. The molecule has 2 aromatic rings. The number of aryl methyl sites for hydroxylation is 1. The molecule has 2 heterocycles. The maximum absolute atomic E-state index is 13.5. The molecule has 106 valence electrons. The minimum absolute atomic E-state index is 0.128. The average Bonchev–Trinajstić information content (AvgIpc) is 2.84. The van der Waals surface area contributed by atoms with Crippen LogP contribution >= 0.6 is 0 Å². The van der Waals surface area contributed by atoms with Gasteiger partial charge in [0.2, 0.25) is 0 Å². The van der Waals surface area contributed by atoms with Crippen LogP contribution in [0.25, 0.3) is 10.9 Å². The Morgan fingerprint density at radius 1 is 1.40 bits per heavy atom. The van der Waals surface area contributed by atoms with Crippen LogP contribution in [0, 0.1) is 12.7 Å². The SMILES string of the molecule is Cc1cc(NCC2(C)CCCO2)c2cc(F)ccc2n1. The van der Waals surface area contributed by atoms with E-state index in [4.69, 9.17) is 4.74 Å². The first-order valence-electron chi connectivity index (χ1n) is 7.01. The van der Waals surface area contributed by atoms with Gasteiger partial charge in [0.1, 0.15) is 5.82 Å². The van der Waals surface area contributed by atoms with Crippen molar-refractivity contribution < 1.29 is 9.13 Å². The fourth-order valence-corrected chi connectivity index (χ4v) is 2.74. The molecule has 1 saturated heterocycles. The summed E-state index contributed by atoms with van der Waals surface area (Å²) in [4.78, 5) is 4.44. The van der Waals surface area contributed by atoms with E-state index in [1.54, 1.807) is 6.07 Å². The highest BCUT2D eigenvalue weighted by Crippen LogP contribution is 2.28. The van der Waals surface area contributed by atoms with Crippen molar-refractivity contribution in [3.63, 3.8) is 0 Å². The Morgan fingerprint density at radius 2 is 2.25 bits per heavy atom. The minimum Gasteiger partial charge on any atom is -0.382 e. The van der Waals surface area contributed by atoms with Crippen molar-refractivity contribution in [2.45, 2.75) is 32.3 Å². The predicted octanol–water partition coefficient (Wildman–Crippen LogP) is 3.66. The normalized spacial score (nSPS) is 22.4. The number of pyridine rings is 1. The van der Waals surface area contributed by atoms with Crippen LogP contribution in [0.15, 0.2) is 24.3 Å². The van der Waals surface area contributed by atoms with Crippen LogP contribution in [-0.2, 0) is 4.74 Å². The second-order valence-electron chi connectivity index (χ2n) is 5.73. The molecule has 0 saturated carbocycles. The smallest absolute Gasteiger partial charge is 0.124 e. The van der Waals surface area contributed by atoms with Crippen LogP contribution in [0.4, 0.5) is 10.1 Å². The highest BCUT2D eigenvalue weighted by molar-refractivity contribution is 5.91. The van der Waals surface area contributed by atoms with Crippen LogP contribution < -0.4 is 5.32 Å². The van der Waals surface area contributed by atoms with Gasteiger partial charge in [0.25, 0.3) is 0 Å². The molecule has 1 unspecified atom stereocenters. The Kier molecular flexibility index (Phi) is 3.34. The Labute approximate surface area is 118 Å². The number of aromatic nitrogens is 1. The van der Waals surface area contributed by atoms with E-state index in [0.717, 1.165) is 48.3 Å². The van der Waals surface area contributed by atoms with Gasteiger partial charge in [-0.15, -0.1) is 0 Å². The van der Waals surface area contributed by atoms with Crippen LogP contribution in [0.5, 0.6) is 0 Å². The Balaban J connectivity index is 1.91. The number of nitrogens with one attached hydrogen (secondary N) is 1. The number of nitrogens with zero attached hydrogens (tertiary/aromatic N) is 1. The lowest BCUT2D eigenvalue weighted by Crippen LogP contribution is -2.32. The molecule has 1 aliphatic rings.